The van der Waals surface area contributed by atoms with Crippen molar-refractivity contribution in [2.45, 2.75) is 18.3 Å². The van der Waals surface area contributed by atoms with Gasteiger partial charge in [-0.2, -0.15) is 22.0 Å². The Labute approximate surface area is 175 Å². The molecular formula is C14H14F5N2O7PS2. The summed E-state index contributed by atoms with van der Waals surface area (Å²) < 4.78 is 107. The predicted molar refractivity (Wildman–Crippen MR) is 99.4 cm³/mol. The Kier molecular flexibility index (Phi) is 6.77. The maximum absolute atomic E-state index is 14.3. The molecule has 1 heterocycles. The average molecular weight is 512 g/mol. The Hall–Kier alpha value is -1.84. The number of rotatable bonds is 8. The number of sulfonamides is 1. The van der Waals surface area contributed by atoms with E-state index in [4.69, 9.17) is 25.4 Å². The van der Waals surface area contributed by atoms with Gasteiger partial charge in [0.1, 0.15) is 5.75 Å². The number of fused-ring (bicyclic) bond motifs is 1. The smallest absolute Gasteiger partial charge is 0.418 e. The van der Waals surface area contributed by atoms with E-state index in [1.54, 1.807) is 0 Å². The molecular weight excluding hydrogens is 498 g/mol. The number of carbonyl (C=O) groups is 1. The molecule has 0 bridgehead atoms. The molecule has 0 aliphatic rings. The number of hydrogen-bond donors (Lipinski definition) is 4. The Bertz CT molecular complexity index is 1170. The fourth-order valence-corrected chi connectivity index (χ4v) is 5.02. The number of halogens is 5. The van der Waals surface area contributed by atoms with Crippen molar-refractivity contribution in [3.63, 3.8) is 0 Å². The quantitative estimate of drug-likeness (QED) is 0.239. The van der Waals surface area contributed by atoms with E-state index in [0.717, 1.165) is 6.07 Å². The van der Waals surface area contributed by atoms with E-state index in [0.29, 0.717) is 6.07 Å². The van der Waals surface area contributed by atoms with Gasteiger partial charge in [-0.1, -0.05) is 0 Å². The van der Waals surface area contributed by atoms with Crippen LogP contribution < -0.4 is 15.6 Å². The fourth-order valence-electron chi connectivity index (χ4n) is 2.49. The van der Waals surface area contributed by atoms with Crippen LogP contribution in [-0.2, 0) is 26.4 Å². The van der Waals surface area contributed by atoms with Crippen LogP contribution in [0.15, 0.2) is 12.1 Å². The molecule has 0 spiro atoms. The van der Waals surface area contributed by atoms with E-state index in [9.17, 15) is 39.7 Å². The second kappa shape index (κ2) is 8.26. The summed E-state index contributed by atoms with van der Waals surface area (Å²) in [6.45, 7) is -0.447. The minimum Gasteiger partial charge on any atom is -0.492 e. The molecule has 0 unspecified atom stereocenters. The van der Waals surface area contributed by atoms with Gasteiger partial charge in [-0.15, -0.1) is 11.3 Å². The van der Waals surface area contributed by atoms with Crippen LogP contribution in [0.1, 0.15) is 27.2 Å². The molecule has 31 heavy (non-hydrogen) atoms. The third-order valence-corrected chi connectivity index (χ3v) is 7.05. The number of nitrogens with two attached hydrogens (primary N) is 2. The molecule has 0 aliphatic carbocycles. The zero-order valence-electron chi connectivity index (χ0n) is 15.0. The molecule has 6 N–H and O–H groups in total. The first kappa shape index (κ1) is 25.4. The molecule has 0 aliphatic heterocycles. The molecule has 2 aromatic rings. The van der Waals surface area contributed by atoms with E-state index in [1.165, 1.54) is 0 Å². The molecule has 0 atom stereocenters. The van der Waals surface area contributed by atoms with Crippen molar-refractivity contribution in [2.75, 3.05) is 12.4 Å². The lowest BCUT2D eigenvalue weighted by Crippen LogP contribution is -2.18. The Morgan fingerprint density at radius 3 is 2.23 bits per heavy atom. The van der Waals surface area contributed by atoms with E-state index >= 15 is 0 Å². The molecule has 0 radical (unpaired) electrons. The van der Waals surface area contributed by atoms with Gasteiger partial charge in [0.05, 0.1) is 27.5 Å². The maximum Gasteiger partial charge on any atom is 0.418 e. The SMILES string of the molecule is NC(=O)c1cc(OCCCS(N)(=O)=O)c2sc(C(F)(F)P(=O)(O)O)c(C(F)(F)F)c2c1. The van der Waals surface area contributed by atoms with E-state index in [2.05, 4.69) is 0 Å². The molecule has 174 valence electrons. The van der Waals surface area contributed by atoms with Crippen LogP contribution in [0.25, 0.3) is 10.1 Å². The van der Waals surface area contributed by atoms with E-state index in [-0.39, 0.29) is 17.8 Å². The van der Waals surface area contributed by atoms with Gasteiger partial charge in [0.25, 0.3) is 0 Å². The van der Waals surface area contributed by atoms with Gasteiger partial charge in [-0.05, 0) is 18.6 Å². The van der Waals surface area contributed by atoms with Crippen molar-refractivity contribution >= 4 is 44.9 Å². The molecule has 9 nitrogen and oxygen atoms in total. The Morgan fingerprint density at radius 2 is 1.77 bits per heavy atom. The highest BCUT2D eigenvalue weighted by Crippen LogP contribution is 2.64. The monoisotopic (exact) mass is 512 g/mol. The molecule has 2 rings (SSSR count). The van der Waals surface area contributed by atoms with Gasteiger partial charge in [0.2, 0.25) is 15.9 Å². The van der Waals surface area contributed by atoms with Crippen LogP contribution in [0.2, 0.25) is 0 Å². The molecule has 1 aromatic heterocycles. The molecule has 1 amide bonds. The summed E-state index contributed by atoms with van der Waals surface area (Å²) in [6, 6.07) is 1.39. The van der Waals surface area contributed by atoms with Crippen molar-refractivity contribution in [1.29, 1.82) is 0 Å². The largest absolute Gasteiger partial charge is 0.492 e. The van der Waals surface area contributed by atoms with Crippen LogP contribution in [0.4, 0.5) is 22.0 Å². The summed E-state index contributed by atoms with van der Waals surface area (Å²) in [5.74, 6) is -2.34. The number of thiophene rings is 1. The van der Waals surface area contributed by atoms with Gasteiger partial charge in [0.15, 0.2) is 0 Å². The Balaban J connectivity index is 2.75. The number of benzene rings is 1. The summed E-state index contributed by atoms with van der Waals surface area (Å²) in [4.78, 5) is 27.3. The summed E-state index contributed by atoms with van der Waals surface area (Å²) >= 11 is -0.287. The minimum atomic E-state index is -6.37. The lowest BCUT2D eigenvalue weighted by atomic mass is 10.1. The minimum absolute atomic E-state index is 0.232. The van der Waals surface area contributed by atoms with Crippen molar-refractivity contribution in [2.24, 2.45) is 10.9 Å². The second-order valence-electron chi connectivity index (χ2n) is 6.17. The zero-order valence-corrected chi connectivity index (χ0v) is 17.5. The molecule has 0 saturated heterocycles. The number of alkyl halides is 5. The van der Waals surface area contributed by atoms with Crippen molar-refractivity contribution in [1.82, 2.24) is 0 Å². The first-order valence-electron chi connectivity index (χ1n) is 7.91. The van der Waals surface area contributed by atoms with Crippen molar-refractivity contribution < 1.29 is 54.3 Å². The standard InChI is InChI=1S/C14H14F5N2O7PS2/c15-13(16,17)9-7-4-6(12(20)22)5-8(28-2-1-3-31(21,26)27)10(7)30-11(9)14(18,19)29(23,24)25/h4-5H,1-3H2,(H2,20,22)(H2,21,26,27)(H2,23,24,25). The highest BCUT2D eigenvalue weighted by atomic mass is 32.2. The number of carbonyl (C=O) groups excluding carboxylic acids is 1. The van der Waals surface area contributed by atoms with Crippen molar-refractivity contribution in [3.05, 3.63) is 28.1 Å². The average Bonchev–Trinajstić information content (AvgIpc) is 2.97. The van der Waals surface area contributed by atoms with Gasteiger partial charge < -0.3 is 20.3 Å². The molecule has 1 aromatic carbocycles. The normalized spacial score (nSPS) is 13.5. The van der Waals surface area contributed by atoms with Crippen LogP contribution in [-0.4, -0.2) is 36.5 Å². The zero-order chi connectivity index (χ0) is 24.0. The number of hydrogen-bond acceptors (Lipinski definition) is 6. The number of ether oxygens (including phenoxy) is 1. The fraction of sp³-hybridized carbons (Fsp3) is 0.357. The van der Waals surface area contributed by atoms with Gasteiger partial charge >= 0.3 is 19.4 Å². The molecule has 0 fully saturated rings. The van der Waals surface area contributed by atoms with Crippen molar-refractivity contribution in [3.8, 4) is 5.75 Å². The number of amides is 1. The molecule has 0 saturated carbocycles. The summed E-state index contributed by atoms with van der Waals surface area (Å²) in [5.41, 5.74) is -2.75. The van der Waals surface area contributed by atoms with Crippen LogP contribution >= 0.6 is 18.9 Å². The lowest BCUT2D eigenvalue weighted by Gasteiger charge is -2.19. The van der Waals surface area contributed by atoms with Crippen LogP contribution in [0.3, 0.4) is 0 Å². The lowest BCUT2D eigenvalue weighted by molar-refractivity contribution is -0.138. The third-order valence-electron chi connectivity index (χ3n) is 3.79. The first-order chi connectivity index (χ1) is 13.9. The maximum atomic E-state index is 14.3. The number of primary amides is 1. The first-order valence-corrected chi connectivity index (χ1v) is 12.1. The third kappa shape index (κ3) is 5.51. The van der Waals surface area contributed by atoms with E-state index in [1.807, 2.05) is 0 Å². The summed E-state index contributed by atoms with van der Waals surface area (Å²) in [6.07, 6.45) is -5.72. The highest BCUT2D eigenvalue weighted by molar-refractivity contribution is 7.89. The van der Waals surface area contributed by atoms with Gasteiger partial charge in [-0.3, -0.25) is 9.36 Å². The highest BCUT2D eigenvalue weighted by Gasteiger charge is 2.56. The summed E-state index contributed by atoms with van der Waals surface area (Å²) in [7, 11) is -10.3. The predicted octanol–water partition coefficient (Wildman–Crippen LogP) is 2.30. The number of primary sulfonamides is 1. The van der Waals surface area contributed by atoms with Gasteiger partial charge in [-0.25, -0.2) is 13.6 Å². The Morgan fingerprint density at radius 1 is 1.19 bits per heavy atom. The molecule has 17 heteroatoms. The van der Waals surface area contributed by atoms with Gasteiger partial charge in [0, 0.05) is 10.9 Å². The van der Waals surface area contributed by atoms with E-state index < -0.39 is 79.6 Å². The topological polar surface area (TPSA) is 170 Å². The van der Waals surface area contributed by atoms with Crippen LogP contribution in [0, 0.1) is 0 Å². The summed E-state index contributed by atoms with van der Waals surface area (Å²) in [5, 5.41) is 3.82. The second-order valence-corrected chi connectivity index (χ2v) is 10.6. The van der Waals surface area contributed by atoms with Crippen LogP contribution in [0.5, 0.6) is 5.75 Å².